The van der Waals surface area contributed by atoms with E-state index in [1.165, 1.54) is 23.9 Å². The van der Waals surface area contributed by atoms with E-state index in [9.17, 15) is 4.79 Å². The van der Waals surface area contributed by atoms with Crippen LogP contribution in [0.4, 0.5) is 5.95 Å². The summed E-state index contributed by atoms with van der Waals surface area (Å²) < 4.78 is 5.37. The largest absolute Gasteiger partial charge is 0.378 e. The normalized spacial score (nSPS) is 19.2. The lowest BCUT2D eigenvalue weighted by Gasteiger charge is -2.27. The number of hydrogen-bond acceptors (Lipinski definition) is 6. The SMILES string of the molecule is O=C(N[C@H](c1cccs1)C1CCCC1)c1nc(N2CCOCC2)ncc1Cl. The Balaban J connectivity index is 1.55. The zero-order valence-electron chi connectivity index (χ0n) is 15.1. The van der Waals surface area contributed by atoms with Gasteiger partial charge in [0, 0.05) is 18.0 Å². The zero-order valence-corrected chi connectivity index (χ0v) is 16.6. The maximum absolute atomic E-state index is 13.0. The molecule has 2 aromatic heterocycles. The monoisotopic (exact) mass is 406 g/mol. The molecule has 0 bridgehead atoms. The summed E-state index contributed by atoms with van der Waals surface area (Å²) in [6, 6.07) is 4.13. The molecule has 1 aliphatic carbocycles. The van der Waals surface area contributed by atoms with Gasteiger partial charge in [-0.3, -0.25) is 4.79 Å². The number of amides is 1. The van der Waals surface area contributed by atoms with Gasteiger partial charge >= 0.3 is 0 Å². The lowest BCUT2D eigenvalue weighted by molar-refractivity contribution is 0.0917. The minimum Gasteiger partial charge on any atom is -0.378 e. The number of halogens is 1. The summed E-state index contributed by atoms with van der Waals surface area (Å²) >= 11 is 7.95. The van der Waals surface area contributed by atoms with Crippen molar-refractivity contribution in [3.63, 3.8) is 0 Å². The number of nitrogens with one attached hydrogen (secondary N) is 1. The summed E-state index contributed by atoms with van der Waals surface area (Å²) in [6.07, 6.45) is 6.23. The van der Waals surface area contributed by atoms with Crippen LogP contribution in [0, 0.1) is 5.92 Å². The van der Waals surface area contributed by atoms with Gasteiger partial charge in [-0.05, 0) is 30.2 Å². The highest BCUT2D eigenvalue weighted by Gasteiger charge is 2.30. The van der Waals surface area contributed by atoms with E-state index in [2.05, 4.69) is 26.7 Å². The fraction of sp³-hybridized carbons (Fsp3) is 0.526. The summed E-state index contributed by atoms with van der Waals surface area (Å²) in [4.78, 5) is 25.0. The Hall–Kier alpha value is -1.70. The molecule has 4 rings (SSSR count). The molecule has 0 radical (unpaired) electrons. The number of hydrogen-bond donors (Lipinski definition) is 1. The number of nitrogens with zero attached hydrogens (tertiary/aromatic N) is 3. The maximum Gasteiger partial charge on any atom is 0.272 e. The quantitative estimate of drug-likeness (QED) is 0.820. The van der Waals surface area contributed by atoms with Gasteiger partial charge in [0.05, 0.1) is 30.5 Å². The first-order valence-electron chi connectivity index (χ1n) is 9.42. The molecule has 1 saturated carbocycles. The van der Waals surface area contributed by atoms with E-state index in [0.717, 1.165) is 12.8 Å². The highest BCUT2D eigenvalue weighted by atomic mass is 35.5. The zero-order chi connectivity index (χ0) is 18.6. The summed E-state index contributed by atoms with van der Waals surface area (Å²) in [5, 5.41) is 5.53. The fourth-order valence-corrected chi connectivity index (χ4v) is 4.87. The smallest absolute Gasteiger partial charge is 0.272 e. The van der Waals surface area contributed by atoms with E-state index in [1.807, 2.05) is 11.0 Å². The van der Waals surface area contributed by atoms with Crippen LogP contribution in [0.25, 0.3) is 0 Å². The van der Waals surface area contributed by atoms with Crippen molar-refractivity contribution in [2.75, 3.05) is 31.2 Å². The first-order chi connectivity index (χ1) is 13.2. The molecule has 1 atom stereocenters. The highest BCUT2D eigenvalue weighted by molar-refractivity contribution is 7.10. The molecule has 2 aromatic rings. The van der Waals surface area contributed by atoms with Crippen molar-refractivity contribution in [2.24, 2.45) is 5.92 Å². The number of thiophene rings is 1. The van der Waals surface area contributed by atoms with Crippen LogP contribution >= 0.6 is 22.9 Å². The summed E-state index contributed by atoms with van der Waals surface area (Å²) in [5.74, 6) is 0.760. The molecular weight excluding hydrogens is 384 g/mol. The molecule has 8 heteroatoms. The van der Waals surface area contributed by atoms with Crippen LogP contribution in [0.5, 0.6) is 0 Å². The second kappa shape index (κ2) is 8.54. The number of ether oxygens (including phenoxy) is 1. The lowest BCUT2D eigenvalue weighted by atomic mass is 9.96. The second-order valence-corrected chi connectivity index (χ2v) is 8.36. The van der Waals surface area contributed by atoms with Crippen molar-refractivity contribution < 1.29 is 9.53 Å². The minimum absolute atomic E-state index is 0.0119. The van der Waals surface area contributed by atoms with Crippen LogP contribution in [0.2, 0.25) is 5.02 Å². The number of rotatable bonds is 5. The van der Waals surface area contributed by atoms with Crippen LogP contribution in [-0.2, 0) is 4.74 Å². The van der Waals surface area contributed by atoms with Gasteiger partial charge < -0.3 is 15.0 Å². The van der Waals surface area contributed by atoms with Gasteiger partial charge in [0.25, 0.3) is 5.91 Å². The van der Waals surface area contributed by atoms with Crippen molar-refractivity contribution in [3.05, 3.63) is 39.3 Å². The van der Waals surface area contributed by atoms with Crippen LogP contribution in [0.1, 0.15) is 47.1 Å². The van der Waals surface area contributed by atoms with Crippen molar-refractivity contribution in [1.29, 1.82) is 0 Å². The number of anilines is 1. The molecule has 1 aliphatic heterocycles. The second-order valence-electron chi connectivity index (χ2n) is 6.98. The predicted octanol–water partition coefficient (Wildman–Crippen LogP) is 3.69. The van der Waals surface area contributed by atoms with E-state index in [4.69, 9.17) is 16.3 Å². The standard InChI is InChI=1S/C19H23ClN4O2S/c20-14-12-21-19(24-7-9-26-10-8-24)23-17(14)18(25)22-16(13-4-1-2-5-13)15-6-3-11-27-15/h3,6,11-13,16H,1-2,4-5,7-10H2,(H,22,25)/t16-/m0/s1. The molecule has 1 N–H and O–H groups in total. The van der Waals surface area contributed by atoms with Crippen molar-refractivity contribution in [2.45, 2.75) is 31.7 Å². The predicted molar refractivity (Wildman–Crippen MR) is 107 cm³/mol. The molecular formula is C19H23ClN4O2S. The Morgan fingerprint density at radius 2 is 2.11 bits per heavy atom. The van der Waals surface area contributed by atoms with Crippen LogP contribution in [-0.4, -0.2) is 42.2 Å². The summed E-state index contributed by atoms with van der Waals surface area (Å²) in [7, 11) is 0. The number of carbonyl (C=O) groups excluding carboxylic acids is 1. The van der Waals surface area contributed by atoms with Crippen molar-refractivity contribution >= 4 is 34.8 Å². The molecule has 0 aromatic carbocycles. The van der Waals surface area contributed by atoms with Crippen molar-refractivity contribution in [3.8, 4) is 0 Å². The van der Waals surface area contributed by atoms with Gasteiger partial charge in [-0.25, -0.2) is 9.97 Å². The Bertz CT molecular complexity index is 774. The van der Waals surface area contributed by atoms with E-state index in [-0.39, 0.29) is 22.7 Å². The van der Waals surface area contributed by atoms with Gasteiger partial charge in [-0.1, -0.05) is 30.5 Å². The molecule has 6 nitrogen and oxygen atoms in total. The average molecular weight is 407 g/mol. The average Bonchev–Trinajstić information content (AvgIpc) is 3.41. The summed E-state index contributed by atoms with van der Waals surface area (Å²) in [6.45, 7) is 2.69. The Morgan fingerprint density at radius 3 is 2.81 bits per heavy atom. The Labute approximate surface area is 167 Å². The third-order valence-electron chi connectivity index (χ3n) is 5.25. The van der Waals surface area contributed by atoms with Gasteiger partial charge in [0.15, 0.2) is 5.69 Å². The van der Waals surface area contributed by atoms with Gasteiger partial charge in [-0.15, -0.1) is 11.3 Å². The minimum atomic E-state index is -0.234. The topological polar surface area (TPSA) is 67.4 Å². The van der Waals surface area contributed by atoms with E-state index < -0.39 is 0 Å². The van der Waals surface area contributed by atoms with Gasteiger partial charge in [-0.2, -0.15) is 0 Å². The van der Waals surface area contributed by atoms with E-state index in [1.54, 1.807) is 11.3 Å². The molecule has 1 amide bonds. The van der Waals surface area contributed by atoms with Gasteiger partial charge in [0.1, 0.15) is 0 Å². The summed E-state index contributed by atoms with van der Waals surface area (Å²) in [5.41, 5.74) is 0.243. The molecule has 3 heterocycles. The third kappa shape index (κ3) is 4.25. The number of aromatic nitrogens is 2. The Morgan fingerprint density at radius 1 is 1.33 bits per heavy atom. The molecule has 0 spiro atoms. The molecule has 27 heavy (non-hydrogen) atoms. The third-order valence-corrected chi connectivity index (χ3v) is 6.48. The fourth-order valence-electron chi connectivity index (χ4n) is 3.82. The maximum atomic E-state index is 13.0. The highest BCUT2D eigenvalue weighted by Crippen LogP contribution is 2.37. The first kappa shape index (κ1) is 18.7. The first-order valence-corrected chi connectivity index (χ1v) is 10.7. The molecule has 2 fully saturated rings. The van der Waals surface area contributed by atoms with Crippen molar-refractivity contribution in [1.82, 2.24) is 15.3 Å². The molecule has 2 aliphatic rings. The lowest BCUT2D eigenvalue weighted by Crippen LogP contribution is -2.38. The Kier molecular flexibility index (Phi) is 5.90. The van der Waals surface area contributed by atoms with E-state index in [0.29, 0.717) is 38.2 Å². The number of morpholine rings is 1. The molecule has 0 unspecified atom stereocenters. The van der Waals surface area contributed by atoms with Gasteiger partial charge in [0.2, 0.25) is 5.95 Å². The number of carbonyl (C=O) groups is 1. The van der Waals surface area contributed by atoms with Crippen LogP contribution < -0.4 is 10.2 Å². The molecule has 1 saturated heterocycles. The van der Waals surface area contributed by atoms with Crippen LogP contribution in [0.3, 0.4) is 0 Å². The van der Waals surface area contributed by atoms with E-state index >= 15 is 0 Å². The van der Waals surface area contributed by atoms with Crippen LogP contribution in [0.15, 0.2) is 23.7 Å². The molecule has 144 valence electrons.